The largest absolute Gasteiger partial charge is 0.491 e. The minimum Gasteiger partial charge on any atom is -0.491 e. The lowest BCUT2D eigenvalue weighted by Crippen LogP contribution is -2.29. The van der Waals surface area contributed by atoms with Crippen LogP contribution in [0.15, 0.2) is 52.9 Å². The molecule has 1 aromatic heterocycles. The third kappa shape index (κ3) is 4.32. The van der Waals surface area contributed by atoms with Crippen molar-refractivity contribution in [1.82, 2.24) is 10.2 Å². The first-order chi connectivity index (χ1) is 13.5. The highest BCUT2D eigenvalue weighted by Crippen LogP contribution is 2.26. The summed E-state index contributed by atoms with van der Waals surface area (Å²) in [6.45, 7) is 0.923. The highest BCUT2D eigenvalue weighted by molar-refractivity contribution is 5.99. The SMILES string of the molecule is CN(C)Cc1c(C(=O)NCCOc2ccccc2C(=O)O)oc2ccccc12. The van der Waals surface area contributed by atoms with E-state index in [1.54, 1.807) is 18.2 Å². The smallest absolute Gasteiger partial charge is 0.339 e. The topological polar surface area (TPSA) is 92.0 Å². The van der Waals surface area contributed by atoms with E-state index in [4.69, 9.17) is 14.3 Å². The maximum absolute atomic E-state index is 12.6. The normalized spacial score (nSPS) is 11.0. The van der Waals surface area contributed by atoms with Crippen molar-refractivity contribution in [1.29, 1.82) is 0 Å². The van der Waals surface area contributed by atoms with Gasteiger partial charge in [-0.25, -0.2) is 4.79 Å². The van der Waals surface area contributed by atoms with Crippen LogP contribution in [0.4, 0.5) is 0 Å². The summed E-state index contributed by atoms with van der Waals surface area (Å²) in [4.78, 5) is 25.8. The number of aromatic carboxylic acids is 1. The van der Waals surface area contributed by atoms with Crippen LogP contribution in [-0.4, -0.2) is 49.1 Å². The Morgan fingerprint density at radius 1 is 1.11 bits per heavy atom. The van der Waals surface area contributed by atoms with Crippen LogP contribution in [0.25, 0.3) is 11.0 Å². The summed E-state index contributed by atoms with van der Waals surface area (Å²) < 4.78 is 11.3. The van der Waals surface area contributed by atoms with Crippen LogP contribution in [0.3, 0.4) is 0 Å². The summed E-state index contributed by atoms with van der Waals surface area (Å²) in [5.41, 5.74) is 1.57. The third-order valence-electron chi connectivity index (χ3n) is 4.14. The molecule has 0 saturated heterocycles. The molecule has 7 nitrogen and oxygen atoms in total. The molecule has 0 atom stereocenters. The number of nitrogens with zero attached hydrogens (tertiary/aromatic N) is 1. The van der Waals surface area contributed by atoms with Crippen LogP contribution >= 0.6 is 0 Å². The minimum absolute atomic E-state index is 0.0828. The summed E-state index contributed by atoms with van der Waals surface area (Å²) in [5, 5.41) is 12.8. The van der Waals surface area contributed by atoms with Gasteiger partial charge in [0.25, 0.3) is 5.91 Å². The van der Waals surface area contributed by atoms with Gasteiger partial charge < -0.3 is 24.5 Å². The lowest BCUT2D eigenvalue weighted by Gasteiger charge is -2.11. The van der Waals surface area contributed by atoms with Crippen LogP contribution in [0.5, 0.6) is 5.75 Å². The lowest BCUT2D eigenvalue weighted by atomic mass is 10.1. The first kappa shape index (κ1) is 19.4. The molecule has 28 heavy (non-hydrogen) atoms. The second-order valence-electron chi connectivity index (χ2n) is 6.55. The van der Waals surface area contributed by atoms with Crippen LogP contribution < -0.4 is 10.1 Å². The van der Waals surface area contributed by atoms with E-state index < -0.39 is 5.97 Å². The van der Waals surface area contributed by atoms with Gasteiger partial charge in [-0.2, -0.15) is 0 Å². The predicted octanol–water partition coefficient (Wildman–Crippen LogP) is 3.00. The van der Waals surface area contributed by atoms with Gasteiger partial charge in [-0.1, -0.05) is 30.3 Å². The van der Waals surface area contributed by atoms with E-state index in [-0.39, 0.29) is 36.1 Å². The van der Waals surface area contributed by atoms with Crippen molar-refractivity contribution in [3.8, 4) is 5.75 Å². The quantitative estimate of drug-likeness (QED) is 0.582. The number of hydrogen-bond donors (Lipinski definition) is 2. The van der Waals surface area contributed by atoms with Crippen molar-refractivity contribution in [2.24, 2.45) is 0 Å². The molecule has 0 saturated carbocycles. The summed E-state index contributed by atoms with van der Waals surface area (Å²) in [6, 6.07) is 13.9. The van der Waals surface area contributed by atoms with E-state index in [1.807, 2.05) is 43.3 Å². The van der Waals surface area contributed by atoms with Crippen LogP contribution in [-0.2, 0) is 6.54 Å². The average Bonchev–Trinajstić information content (AvgIpc) is 3.03. The Hall–Kier alpha value is -3.32. The number of para-hydroxylation sites is 2. The highest BCUT2D eigenvalue weighted by atomic mass is 16.5. The minimum atomic E-state index is -1.06. The highest BCUT2D eigenvalue weighted by Gasteiger charge is 2.20. The van der Waals surface area contributed by atoms with E-state index in [9.17, 15) is 9.59 Å². The zero-order valence-corrected chi connectivity index (χ0v) is 15.8. The van der Waals surface area contributed by atoms with Crippen molar-refractivity contribution < 1.29 is 23.8 Å². The second kappa shape index (κ2) is 8.58. The van der Waals surface area contributed by atoms with Crippen molar-refractivity contribution >= 4 is 22.8 Å². The van der Waals surface area contributed by atoms with Crippen LogP contribution in [0.1, 0.15) is 26.5 Å². The Balaban J connectivity index is 1.66. The number of hydrogen-bond acceptors (Lipinski definition) is 5. The number of amides is 1. The molecule has 7 heteroatoms. The van der Waals surface area contributed by atoms with Gasteiger partial charge in [0.1, 0.15) is 23.5 Å². The Kier molecular flexibility index (Phi) is 5.96. The first-order valence-corrected chi connectivity index (χ1v) is 8.86. The zero-order valence-electron chi connectivity index (χ0n) is 15.8. The summed E-state index contributed by atoms with van der Waals surface area (Å²) in [5.74, 6) is -0.847. The number of carboxylic acid groups (broad SMARTS) is 1. The molecular formula is C21H22N2O5. The Bertz CT molecular complexity index is 993. The van der Waals surface area contributed by atoms with Gasteiger partial charge in [-0.15, -0.1) is 0 Å². The van der Waals surface area contributed by atoms with Gasteiger partial charge in [0.15, 0.2) is 5.76 Å². The molecule has 3 aromatic rings. The van der Waals surface area contributed by atoms with Gasteiger partial charge in [0, 0.05) is 17.5 Å². The fourth-order valence-electron chi connectivity index (χ4n) is 2.93. The van der Waals surface area contributed by atoms with Gasteiger partial charge >= 0.3 is 5.97 Å². The molecule has 0 radical (unpaired) electrons. The van der Waals surface area contributed by atoms with E-state index in [0.29, 0.717) is 12.1 Å². The fourth-order valence-corrected chi connectivity index (χ4v) is 2.93. The average molecular weight is 382 g/mol. The summed E-state index contributed by atoms with van der Waals surface area (Å²) in [7, 11) is 3.86. The monoisotopic (exact) mass is 382 g/mol. The number of carbonyl (C=O) groups excluding carboxylic acids is 1. The molecule has 2 N–H and O–H groups in total. The third-order valence-corrected chi connectivity index (χ3v) is 4.14. The first-order valence-electron chi connectivity index (χ1n) is 8.86. The molecule has 1 amide bonds. The molecule has 0 aliphatic rings. The van der Waals surface area contributed by atoms with E-state index >= 15 is 0 Å². The molecule has 0 spiro atoms. The number of fused-ring (bicyclic) bond motifs is 1. The molecule has 0 aliphatic carbocycles. The summed E-state index contributed by atoms with van der Waals surface area (Å²) >= 11 is 0. The van der Waals surface area contributed by atoms with Gasteiger partial charge in [-0.05, 0) is 32.3 Å². The standard InChI is InChI=1S/C21H22N2O5/c1-23(2)13-16-14-7-3-6-10-18(14)28-19(16)20(24)22-11-12-27-17-9-5-4-8-15(17)21(25)26/h3-10H,11-13H2,1-2H3,(H,22,24)(H,25,26). The van der Waals surface area contributed by atoms with Crippen molar-refractivity contribution in [3.63, 3.8) is 0 Å². The Labute approximate surface area is 162 Å². The maximum atomic E-state index is 12.6. The number of carbonyl (C=O) groups is 2. The van der Waals surface area contributed by atoms with Crippen molar-refractivity contribution in [3.05, 3.63) is 65.4 Å². The second-order valence-corrected chi connectivity index (χ2v) is 6.55. The Morgan fingerprint density at radius 2 is 1.82 bits per heavy atom. The molecule has 0 fully saturated rings. The summed E-state index contributed by atoms with van der Waals surface area (Å²) in [6.07, 6.45) is 0. The number of nitrogens with one attached hydrogen (secondary N) is 1. The molecule has 0 bridgehead atoms. The van der Waals surface area contributed by atoms with Crippen LogP contribution in [0, 0.1) is 0 Å². The number of ether oxygens (including phenoxy) is 1. The number of rotatable bonds is 8. The fraction of sp³-hybridized carbons (Fsp3) is 0.238. The number of carboxylic acids is 1. The van der Waals surface area contributed by atoms with Crippen LogP contribution in [0.2, 0.25) is 0 Å². The molecular weight excluding hydrogens is 360 g/mol. The van der Waals surface area contributed by atoms with Gasteiger partial charge in [0.05, 0.1) is 6.54 Å². The molecule has 0 aliphatic heterocycles. The number of furan rings is 1. The Morgan fingerprint density at radius 3 is 2.57 bits per heavy atom. The van der Waals surface area contributed by atoms with E-state index in [1.165, 1.54) is 6.07 Å². The molecule has 3 rings (SSSR count). The molecule has 146 valence electrons. The molecule has 0 unspecified atom stereocenters. The lowest BCUT2D eigenvalue weighted by molar-refractivity contribution is 0.0691. The van der Waals surface area contributed by atoms with Crippen molar-refractivity contribution in [2.45, 2.75) is 6.54 Å². The van der Waals surface area contributed by atoms with Gasteiger partial charge in [0.2, 0.25) is 0 Å². The van der Waals surface area contributed by atoms with E-state index in [2.05, 4.69) is 5.32 Å². The molecule has 2 aromatic carbocycles. The molecule has 1 heterocycles. The van der Waals surface area contributed by atoms with Gasteiger partial charge in [-0.3, -0.25) is 4.79 Å². The number of benzene rings is 2. The van der Waals surface area contributed by atoms with E-state index in [0.717, 1.165) is 10.9 Å². The van der Waals surface area contributed by atoms with Crippen molar-refractivity contribution in [2.75, 3.05) is 27.2 Å². The maximum Gasteiger partial charge on any atom is 0.339 e. The zero-order chi connectivity index (χ0) is 20.1. The predicted molar refractivity (Wildman–Crippen MR) is 105 cm³/mol.